The number of hydrogen-bond acceptors (Lipinski definition) is 4. The molecule has 1 aliphatic rings. The number of nitrogens with one attached hydrogen (secondary N) is 2. The van der Waals surface area contributed by atoms with Crippen molar-refractivity contribution in [2.24, 2.45) is 5.92 Å². The van der Waals surface area contributed by atoms with Gasteiger partial charge in [0.1, 0.15) is 0 Å². The fraction of sp³-hybridized carbons (Fsp3) is 0.579. The van der Waals surface area contributed by atoms with Crippen LogP contribution in [0, 0.1) is 5.92 Å². The van der Waals surface area contributed by atoms with E-state index in [9.17, 15) is 9.90 Å². The zero-order valence-electron chi connectivity index (χ0n) is 15.6. The van der Waals surface area contributed by atoms with Gasteiger partial charge in [-0.3, -0.25) is 4.90 Å². The number of hydrogen-bond donors (Lipinski definition) is 3. The van der Waals surface area contributed by atoms with E-state index in [1.807, 2.05) is 23.1 Å². The minimum Gasteiger partial charge on any atom is -0.396 e. The topological polar surface area (TPSA) is 84.5 Å². The Balaban J connectivity index is 1.55. The molecule has 26 heavy (non-hydrogen) atoms. The lowest BCUT2D eigenvalue weighted by molar-refractivity contribution is 0.0654. The Morgan fingerprint density at radius 1 is 1.42 bits per heavy atom. The molecular formula is C19H29N5O2. The molecule has 0 bridgehead atoms. The van der Waals surface area contributed by atoms with E-state index in [1.54, 1.807) is 6.33 Å². The van der Waals surface area contributed by atoms with Crippen LogP contribution >= 0.6 is 0 Å². The molecule has 0 aliphatic carbocycles. The number of aromatic nitrogens is 2. The fourth-order valence-electron chi connectivity index (χ4n) is 3.59. The number of aliphatic hydroxyl groups excluding tert-OH is 1. The van der Waals surface area contributed by atoms with E-state index < -0.39 is 0 Å². The van der Waals surface area contributed by atoms with Crippen LogP contribution in [0.15, 0.2) is 24.5 Å². The van der Waals surface area contributed by atoms with Gasteiger partial charge in [-0.1, -0.05) is 19.9 Å². The molecule has 0 spiro atoms. The Morgan fingerprint density at radius 3 is 3.04 bits per heavy atom. The number of imidazole rings is 1. The maximum Gasteiger partial charge on any atom is 0.317 e. The summed E-state index contributed by atoms with van der Waals surface area (Å²) in [5.74, 6) is 0.578. The molecule has 2 aromatic rings. The molecule has 1 aromatic carbocycles. The van der Waals surface area contributed by atoms with Gasteiger partial charge in [0.15, 0.2) is 0 Å². The van der Waals surface area contributed by atoms with Crippen LogP contribution in [0.2, 0.25) is 0 Å². The highest BCUT2D eigenvalue weighted by molar-refractivity contribution is 5.76. The Labute approximate surface area is 154 Å². The minimum atomic E-state index is -0.0400. The zero-order valence-corrected chi connectivity index (χ0v) is 15.6. The van der Waals surface area contributed by atoms with Crippen molar-refractivity contribution in [1.82, 2.24) is 25.1 Å². The van der Waals surface area contributed by atoms with Crippen LogP contribution in [-0.4, -0.2) is 69.7 Å². The second-order valence-corrected chi connectivity index (χ2v) is 7.41. The van der Waals surface area contributed by atoms with Crippen molar-refractivity contribution in [3.8, 4) is 0 Å². The summed E-state index contributed by atoms with van der Waals surface area (Å²) in [5.41, 5.74) is 2.94. The fourth-order valence-corrected chi connectivity index (χ4v) is 3.59. The highest BCUT2D eigenvalue weighted by atomic mass is 16.3. The van der Waals surface area contributed by atoms with E-state index in [-0.39, 0.29) is 18.7 Å². The van der Waals surface area contributed by atoms with Gasteiger partial charge in [0.25, 0.3) is 0 Å². The predicted molar refractivity (Wildman–Crippen MR) is 102 cm³/mol. The quantitative estimate of drug-likeness (QED) is 0.734. The maximum atomic E-state index is 12.6. The third-order valence-electron chi connectivity index (χ3n) is 4.88. The third kappa shape index (κ3) is 4.53. The number of piperazine rings is 1. The number of H-pyrrole nitrogens is 1. The van der Waals surface area contributed by atoms with Crippen LogP contribution in [0.5, 0.6) is 0 Å². The van der Waals surface area contributed by atoms with E-state index >= 15 is 0 Å². The molecule has 1 atom stereocenters. The first-order valence-electron chi connectivity index (χ1n) is 9.36. The summed E-state index contributed by atoms with van der Waals surface area (Å²) < 4.78 is 0. The summed E-state index contributed by atoms with van der Waals surface area (Å²) in [7, 11) is 0. The number of aromatic amines is 1. The summed E-state index contributed by atoms with van der Waals surface area (Å²) >= 11 is 0. The van der Waals surface area contributed by atoms with Crippen LogP contribution in [0.25, 0.3) is 11.0 Å². The Morgan fingerprint density at radius 2 is 2.27 bits per heavy atom. The van der Waals surface area contributed by atoms with Crippen molar-refractivity contribution in [1.29, 1.82) is 0 Å². The van der Waals surface area contributed by atoms with Crippen molar-refractivity contribution in [2.45, 2.75) is 32.9 Å². The summed E-state index contributed by atoms with van der Waals surface area (Å²) in [6.07, 6.45) is 2.37. The first kappa shape index (κ1) is 18.7. The minimum absolute atomic E-state index is 0.0400. The molecule has 2 heterocycles. The normalized spacial score (nSPS) is 18.6. The lowest BCUT2D eigenvalue weighted by atomic mass is 10.1. The van der Waals surface area contributed by atoms with E-state index in [2.05, 4.69) is 34.0 Å². The molecule has 1 aliphatic heterocycles. The molecule has 0 radical (unpaired) electrons. The van der Waals surface area contributed by atoms with Crippen molar-refractivity contribution in [3.05, 3.63) is 30.1 Å². The molecule has 3 rings (SSSR count). The smallest absolute Gasteiger partial charge is 0.317 e. The van der Waals surface area contributed by atoms with Gasteiger partial charge < -0.3 is 20.3 Å². The molecule has 0 saturated carbocycles. The maximum absolute atomic E-state index is 12.6. The second kappa shape index (κ2) is 8.51. The van der Waals surface area contributed by atoms with E-state index in [0.717, 1.165) is 36.2 Å². The summed E-state index contributed by atoms with van der Waals surface area (Å²) in [4.78, 5) is 24.1. The summed E-state index contributed by atoms with van der Waals surface area (Å²) in [6.45, 7) is 8.29. The first-order chi connectivity index (χ1) is 12.6. The number of urea groups is 1. The third-order valence-corrected chi connectivity index (χ3v) is 4.88. The van der Waals surface area contributed by atoms with Gasteiger partial charge in [-0.15, -0.1) is 0 Å². The van der Waals surface area contributed by atoms with Crippen molar-refractivity contribution in [3.63, 3.8) is 0 Å². The standard InChI is InChI=1S/C19H29N5O2/c1-14(2)11-23-6-7-24(12-16(23)5-8-25)19(26)20-10-15-3-4-17-18(9-15)22-13-21-17/h3-4,9,13-14,16,25H,5-8,10-12H2,1-2H3,(H,20,26)(H,21,22). The lowest BCUT2D eigenvalue weighted by Crippen LogP contribution is -2.57. The largest absolute Gasteiger partial charge is 0.396 e. The first-order valence-corrected chi connectivity index (χ1v) is 9.36. The number of carbonyl (C=O) groups is 1. The number of nitrogens with zero attached hydrogens (tertiary/aromatic N) is 3. The van der Waals surface area contributed by atoms with Gasteiger partial charge in [0, 0.05) is 45.4 Å². The average molecular weight is 359 g/mol. The van der Waals surface area contributed by atoms with Gasteiger partial charge in [0.05, 0.1) is 17.4 Å². The molecule has 1 unspecified atom stereocenters. The van der Waals surface area contributed by atoms with Gasteiger partial charge in [-0.25, -0.2) is 9.78 Å². The highest BCUT2D eigenvalue weighted by Gasteiger charge is 2.29. The van der Waals surface area contributed by atoms with E-state index in [4.69, 9.17) is 0 Å². The van der Waals surface area contributed by atoms with Crippen molar-refractivity contribution in [2.75, 3.05) is 32.8 Å². The Bertz CT molecular complexity index is 730. The monoisotopic (exact) mass is 359 g/mol. The molecule has 7 nitrogen and oxygen atoms in total. The Hall–Kier alpha value is -2.12. The number of amides is 2. The summed E-state index contributed by atoms with van der Waals surface area (Å²) in [6, 6.07) is 6.14. The van der Waals surface area contributed by atoms with Gasteiger partial charge in [-0.05, 0) is 30.0 Å². The molecule has 7 heteroatoms. The molecule has 1 saturated heterocycles. The van der Waals surface area contributed by atoms with E-state index in [0.29, 0.717) is 25.4 Å². The van der Waals surface area contributed by atoms with Gasteiger partial charge in [0.2, 0.25) is 0 Å². The van der Waals surface area contributed by atoms with Crippen LogP contribution in [0.1, 0.15) is 25.8 Å². The van der Waals surface area contributed by atoms with Crippen molar-refractivity contribution < 1.29 is 9.90 Å². The van der Waals surface area contributed by atoms with Crippen LogP contribution in [0.4, 0.5) is 4.79 Å². The molecule has 1 aromatic heterocycles. The Kier molecular flexibility index (Phi) is 6.11. The summed E-state index contributed by atoms with van der Waals surface area (Å²) in [5, 5.41) is 12.4. The van der Waals surface area contributed by atoms with Gasteiger partial charge in [-0.2, -0.15) is 0 Å². The molecule has 1 fully saturated rings. The predicted octanol–water partition coefficient (Wildman–Crippen LogP) is 1.80. The molecule has 2 amide bonds. The van der Waals surface area contributed by atoms with Crippen LogP contribution in [0.3, 0.4) is 0 Å². The number of aliphatic hydroxyl groups is 1. The van der Waals surface area contributed by atoms with Crippen LogP contribution < -0.4 is 5.32 Å². The van der Waals surface area contributed by atoms with Crippen molar-refractivity contribution >= 4 is 17.1 Å². The number of carbonyl (C=O) groups excluding carboxylic acids is 1. The number of fused-ring (bicyclic) bond motifs is 1. The average Bonchev–Trinajstić information content (AvgIpc) is 3.08. The number of benzene rings is 1. The highest BCUT2D eigenvalue weighted by Crippen LogP contribution is 2.16. The van der Waals surface area contributed by atoms with Gasteiger partial charge >= 0.3 is 6.03 Å². The lowest BCUT2D eigenvalue weighted by Gasteiger charge is -2.42. The molecule has 3 N–H and O–H groups in total. The molecule has 142 valence electrons. The zero-order chi connectivity index (χ0) is 18.5. The molecular weight excluding hydrogens is 330 g/mol. The van der Waals surface area contributed by atoms with Crippen LogP contribution in [-0.2, 0) is 6.54 Å². The second-order valence-electron chi connectivity index (χ2n) is 7.41. The SMILES string of the molecule is CC(C)CN1CCN(C(=O)NCc2ccc3nc[nH]c3c2)CC1CCO. The number of rotatable bonds is 6. The van der Waals surface area contributed by atoms with E-state index in [1.165, 1.54) is 0 Å².